The fourth-order valence-corrected chi connectivity index (χ4v) is 2.85. The highest BCUT2D eigenvalue weighted by molar-refractivity contribution is 5.78. The topological polar surface area (TPSA) is 44.4 Å². The number of rotatable bonds is 7. The van der Waals surface area contributed by atoms with Gasteiger partial charge in [-0.15, -0.1) is 0 Å². The standard InChI is InChI=1S/C15H31N3O/c1-6-12(9-16-4)14(19)17-11-15(2,3)13-7-8-18(5)10-13/h12-13,16H,6-11H2,1-5H3,(H,17,19). The zero-order valence-corrected chi connectivity index (χ0v) is 13.3. The molecule has 2 N–H and O–H groups in total. The van der Waals surface area contributed by atoms with Crippen LogP contribution in [0.5, 0.6) is 0 Å². The molecule has 0 aromatic rings. The van der Waals surface area contributed by atoms with E-state index in [1.807, 2.05) is 7.05 Å². The summed E-state index contributed by atoms with van der Waals surface area (Å²) in [6.45, 7) is 10.5. The van der Waals surface area contributed by atoms with Gasteiger partial charge < -0.3 is 15.5 Å². The molecule has 1 amide bonds. The molecule has 1 aliphatic rings. The molecule has 0 aromatic carbocycles. The monoisotopic (exact) mass is 269 g/mol. The average molecular weight is 269 g/mol. The molecule has 4 heteroatoms. The molecular weight excluding hydrogens is 238 g/mol. The van der Waals surface area contributed by atoms with Crippen LogP contribution in [-0.4, -0.2) is 51.1 Å². The first kappa shape index (κ1) is 16.4. The number of hydrogen-bond donors (Lipinski definition) is 2. The Morgan fingerprint density at radius 2 is 2.16 bits per heavy atom. The van der Waals surface area contributed by atoms with E-state index in [2.05, 4.69) is 43.4 Å². The van der Waals surface area contributed by atoms with Gasteiger partial charge in [-0.25, -0.2) is 0 Å². The van der Waals surface area contributed by atoms with Crippen LogP contribution in [0.25, 0.3) is 0 Å². The number of amides is 1. The second-order valence-corrected chi connectivity index (χ2v) is 6.62. The lowest BCUT2D eigenvalue weighted by atomic mass is 9.78. The van der Waals surface area contributed by atoms with Crippen LogP contribution < -0.4 is 10.6 Å². The molecule has 1 saturated heterocycles. The fraction of sp³-hybridized carbons (Fsp3) is 0.933. The molecule has 1 aliphatic heterocycles. The number of nitrogens with zero attached hydrogens (tertiary/aromatic N) is 1. The second kappa shape index (κ2) is 7.25. The number of nitrogens with one attached hydrogen (secondary N) is 2. The number of carbonyl (C=O) groups excluding carboxylic acids is 1. The number of carbonyl (C=O) groups is 1. The van der Waals surface area contributed by atoms with Crippen molar-refractivity contribution in [2.75, 3.05) is 40.3 Å². The first-order chi connectivity index (χ1) is 8.90. The van der Waals surface area contributed by atoms with Crippen molar-refractivity contribution in [2.45, 2.75) is 33.6 Å². The first-order valence-electron chi connectivity index (χ1n) is 7.51. The van der Waals surface area contributed by atoms with Gasteiger partial charge in [-0.2, -0.15) is 0 Å². The highest BCUT2D eigenvalue weighted by atomic mass is 16.1. The largest absolute Gasteiger partial charge is 0.355 e. The van der Waals surface area contributed by atoms with Gasteiger partial charge >= 0.3 is 0 Å². The van der Waals surface area contributed by atoms with Crippen LogP contribution in [0.2, 0.25) is 0 Å². The van der Waals surface area contributed by atoms with Gasteiger partial charge in [0.15, 0.2) is 0 Å². The van der Waals surface area contributed by atoms with Crippen molar-refractivity contribution in [1.29, 1.82) is 0 Å². The Hall–Kier alpha value is -0.610. The van der Waals surface area contributed by atoms with Crippen LogP contribution in [0.15, 0.2) is 0 Å². The van der Waals surface area contributed by atoms with E-state index in [1.165, 1.54) is 13.0 Å². The molecule has 19 heavy (non-hydrogen) atoms. The van der Waals surface area contributed by atoms with E-state index in [0.717, 1.165) is 26.1 Å². The Bertz CT molecular complexity index is 291. The first-order valence-corrected chi connectivity index (χ1v) is 7.51. The number of hydrogen-bond acceptors (Lipinski definition) is 3. The van der Waals surface area contributed by atoms with Crippen molar-refractivity contribution < 1.29 is 4.79 Å². The van der Waals surface area contributed by atoms with Crippen LogP contribution in [0.3, 0.4) is 0 Å². The molecule has 2 atom stereocenters. The summed E-state index contributed by atoms with van der Waals surface area (Å²) < 4.78 is 0. The highest BCUT2D eigenvalue weighted by Crippen LogP contribution is 2.33. The van der Waals surface area contributed by atoms with Gasteiger partial charge in [-0.05, 0) is 44.8 Å². The summed E-state index contributed by atoms with van der Waals surface area (Å²) in [5.41, 5.74) is 0.179. The third-order valence-electron chi connectivity index (χ3n) is 4.53. The van der Waals surface area contributed by atoms with Crippen molar-refractivity contribution in [2.24, 2.45) is 17.3 Å². The summed E-state index contributed by atoms with van der Waals surface area (Å²) >= 11 is 0. The SMILES string of the molecule is CCC(CNC)C(=O)NCC(C)(C)C1CCN(C)C1. The predicted octanol–water partition coefficient (Wildman–Crippen LogP) is 1.33. The minimum atomic E-state index is 0.0899. The molecule has 2 unspecified atom stereocenters. The van der Waals surface area contributed by atoms with Crippen LogP contribution >= 0.6 is 0 Å². The lowest BCUT2D eigenvalue weighted by molar-refractivity contribution is -0.125. The summed E-state index contributed by atoms with van der Waals surface area (Å²) in [7, 11) is 4.07. The summed E-state index contributed by atoms with van der Waals surface area (Å²) in [6, 6.07) is 0. The quantitative estimate of drug-likeness (QED) is 0.733. The predicted molar refractivity (Wildman–Crippen MR) is 80.1 cm³/mol. The Balaban J connectivity index is 2.43. The van der Waals surface area contributed by atoms with Gasteiger partial charge in [0.1, 0.15) is 0 Å². The average Bonchev–Trinajstić information content (AvgIpc) is 2.80. The molecule has 0 bridgehead atoms. The summed E-state index contributed by atoms with van der Waals surface area (Å²) in [5.74, 6) is 0.963. The van der Waals surface area contributed by atoms with E-state index in [4.69, 9.17) is 0 Å². The molecule has 0 aliphatic carbocycles. The number of likely N-dealkylation sites (tertiary alicyclic amines) is 1. The van der Waals surface area contributed by atoms with Gasteiger partial charge in [-0.3, -0.25) is 4.79 Å². The lowest BCUT2D eigenvalue weighted by Gasteiger charge is -2.32. The van der Waals surface area contributed by atoms with Gasteiger partial charge in [0, 0.05) is 19.6 Å². The molecule has 1 rings (SSSR count). The van der Waals surface area contributed by atoms with Crippen LogP contribution in [0.1, 0.15) is 33.6 Å². The third-order valence-corrected chi connectivity index (χ3v) is 4.53. The fourth-order valence-electron chi connectivity index (χ4n) is 2.85. The van der Waals surface area contributed by atoms with E-state index in [9.17, 15) is 4.79 Å². The van der Waals surface area contributed by atoms with E-state index < -0.39 is 0 Å². The molecule has 0 spiro atoms. The Kier molecular flexibility index (Phi) is 6.27. The van der Waals surface area contributed by atoms with E-state index in [-0.39, 0.29) is 17.2 Å². The van der Waals surface area contributed by atoms with Crippen LogP contribution in [0.4, 0.5) is 0 Å². The van der Waals surface area contributed by atoms with Crippen LogP contribution in [0, 0.1) is 17.3 Å². The Labute approximate surface area is 118 Å². The third kappa shape index (κ3) is 4.77. The Morgan fingerprint density at radius 3 is 2.63 bits per heavy atom. The van der Waals surface area contributed by atoms with E-state index in [0.29, 0.717) is 5.92 Å². The molecule has 0 aromatic heterocycles. The maximum atomic E-state index is 12.1. The normalized spacial score (nSPS) is 22.5. The van der Waals surface area contributed by atoms with E-state index in [1.54, 1.807) is 0 Å². The van der Waals surface area contributed by atoms with Crippen LogP contribution in [-0.2, 0) is 4.79 Å². The molecule has 0 radical (unpaired) electrons. The summed E-state index contributed by atoms with van der Waals surface area (Å²) in [4.78, 5) is 14.5. The summed E-state index contributed by atoms with van der Waals surface area (Å²) in [6.07, 6.45) is 2.13. The maximum absolute atomic E-state index is 12.1. The molecular formula is C15H31N3O. The zero-order chi connectivity index (χ0) is 14.5. The van der Waals surface area contributed by atoms with Gasteiger partial charge in [0.2, 0.25) is 5.91 Å². The van der Waals surface area contributed by atoms with Crippen molar-refractivity contribution in [3.8, 4) is 0 Å². The second-order valence-electron chi connectivity index (χ2n) is 6.62. The smallest absolute Gasteiger partial charge is 0.224 e. The van der Waals surface area contributed by atoms with Crippen molar-refractivity contribution in [1.82, 2.24) is 15.5 Å². The van der Waals surface area contributed by atoms with Gasteiger partial charge in [0.05, 0.1) is 5.92 Å². The summed E-state index contributed by atoms with van der Waals surface area (Å²) in [5, 5.41) is 6.24. The van der Waals surface area contributed by atoms with Crippen molar-refractivity contribution in [3.63, 3.8) is 0 Å². The van der Waals surface area contributed by atoms with Gasteiger partial charge in [-0.1, -0.05) is 20.8 Å². The Morgan fingerprint density at radius 1 is 1.47 bits per heavy atom. The zero-order valence-electron chi connectivity index (χ0n) is 13.3. The minimum Gasteiger partial charge on any atom is -0.355 e. The molecule has 4 nitrogen and oxygen atoms in total. The highest BCUT2D eigenvalue weighted by Gasteiger charge is 2.34. The molecule has 0 saturated carbocycles. The molecule has 1 fully saturated rings. The maximum Gasteiger partial charge on any atom is 0.224 e. The van der Waals surface area contributed by atoms with Crippen molar-refractivity contribution in [3.05, 3.63) is 0 Å². The molecule has 112 valence electrons. The van der Waals surface area contributed by atoms with Gasteiger partial charge in [0.25, 0.3) is 0 Å². The molecule has 1 heterocycles. The van der Waals surface area contributed by atoms with E-state index >= 15 is 0 Å². The lowest BCUT2D eigenvalue weighted by Crippen LogP contribution is -2.43. The minimum absolute atomic E-state index is 0.0899. The van der Waals surface area contributed by atoms with Crippen molar-refractivity contribution >= 4 is 5.91 Å².